The molecule has 1 aliphatic rings. The number of nitrogens with zero attached hydrogens (tertiary/aromatic N) is 5. The minimum Gasteiger partial charge on any atom is -0.369 e. The highest BCUT2D eigenvalue weighted by Crippen LogP contribution is 2.30. The van der Waals surface area contributed by atoms with Crippen LogP contribution in [0.4, 0.5) is 5.82 Å². The SMILES string of the molecule is c1ccc(-c2nc3ccc(NCCCN4CCC(OC(c5ccccc5)c5ccccc5)CC4)nn3n2)cc1. The van der Waals surface area contributed by atoms with Gasteiger partial charge in [-0.1, -0.05) is 91.0 Å². The Morgan fingerprint density at radius 2 is 1.41 bits per heavy atom. The van der Waals surface area contributed by atoms with Crippen molar-refractivity contribution in [3.63, 3.8) is 0 Å². The van der Waals surface area contributed by atoms with Crippen molar-refractivity contribution in [2.24, 2.45) is 0 Å². The number of hydrogen-bond acceptors (Lipinski definition) is 6. The first-order valence-electron chi connectivity index (χ1n) is 13.8. The van der Waals surface area contributed by atoms with Crippen LogP contribution in [-0.4, -0.2) is 57.0 Å². The predicted molar refractivity (Wildman–Crippen MR) is 155 cm³/mol. The van der Waals surface area contributed by atoms with E-state index in [2.05, 4.69) is 86.1 Å². The number of fused-ring (bicyclic) bond motifs is 1. The van der Waals surface area contributed by atoms with Gasteiger partial charge in [0.15, 0.2) is 11.5 Å². The molecule has 6 rings (SSSR count). The minimum absolute atomic E-state index is 0.0215. The molecule has 3 aromatic carbocycles. The van der Waals surface area contributed by atoms with Crippen LogP contribution in [0.1, 0.15) is 36.5 Å². The topological polar surface area (TPSA) is 67.6 Å². The normalized spacial score (nSPS) is 14.7. The molecule has 0 saturated carbocycles. The van der Waals surface area contributed by atoms with Crippen LogP contribution < -0.4 is 5.32 Å². The van der Waals surface area contributed by atoms with E-state index in [-0.39, 0.29) is 12.2 Å². The van der Waals surface area contributed by atoms with Gasteiger partial charge >= 0.3 is 0 Å². The molecule has 3 heterocycles. The molecule has 2 aromatic heterocycles. The molecule has 1 fully saturated rings. The van der Waals surface area contributed by atoms with Gasteiger partial charge in [-0.2, -0.15) is 0 Å². The number of nitrogens with one attached hydrogen (secondary N) is 1. The van der Waals surface area contributed by atoms with Gasteiger partial charge in [-0.05, 0) is 49.1 Å². The number of anilines is 1. The molecular weight excluding hydrogens is 484 g/mol. The first-order chi connectivity index (χ1) is 19.3. The average Bonchev–Trinajstić information content (AvgIpc) is 3.44. The molecule has 198 valence electrons. The zero-order valence-electron chi connectivity index (χ0n) is 22.1. The molecule has 0 atom stereocenters. The Bertz CT molecular complexity index is 1410. The van der Waals surface area contributed by atoms with Crippen LogP contribution in [0.2, 0.25) is 0 Å². The summed E-state index contributed by atoms with van der Waals surface area (Å²) >= 11 is 0. The van der Waals surface area contributed by atoms with E-state index in [1.807, 2.05) is 42.5 Å². The number of benzene rings is 3. The number of piperidine rings is 1. The summed E-state index contributed by atoms with van der Waals surface area (Å²) in [6.45, 7) is 4.04. The Balaban J connectivity index is 0.968. The summed E-state index contributed by atoms with van der Waals surface area (Å²) in [5.41, 5.74) is 4.16. The highest BCUT2D eigenvalue weighted by molar-refractivity contribution is 5.58. The van der Waals surface area contributed by atoms with E-state index in [1.54, 1.807) is 4.63 Å². The van der Waals surface area contributed by atoms with Crippen molar-refractivity contribution >= 4 is 11.5 Å². The lowest BCUT2D eigenvalue weighted by molar-refractivity contribution is -0.0269. The van der Waals surface area contributed by atoms with Crippen LogP contribution >= 0.6 is 0 Å². The number of ether oxygens (including phenoxy) is 1. The third-order valence-electron chi connectivity index (χ3n) is 7.26. The molecule has 0 radical (unpaired) electrons. The van der Waals surface area contributed by atoms with Crippen LogP contribution in [0.3, 0.4) is 0 Å². The van der Waals surface area contributed by atoms with Crippen LogP contribution in [0.25, 0.3) is 17.0 Å². The summed E-state index contributed by atoms with van der Waals surface area (Å²) in [6.07, 6.45) is 3.40. The van der Waals surface area contributed by atoms with Crippen molar-refractivity contribution in [3.05, 3.63) is 114 Å². The van der Waals surface area contributed by atoms with Gasteiger partial charge in [-0.3, -0.25) is 0 Å². The van der Waals surface area contributed by atoms with Crippen molar-refractivity contribution in [2.75, 3.05) is 31.5 Å². The second-order valence-corrected chi connectivity index (χ2v) is 10.0. The maximum absolute atomic E-state index is 6.70. The van der Waals surface area contributed by atoms with Crippen LogP contribution in [0.5, 0.6) is 0 Å². The van der Waals surface area contributed by atoms with Crippen molar-refractivity contribution in [1.82, 2.24) is 24.7 Å². The Labute approximate surface area is 229 Å². The highest BCUT2D eigenvalue weighted by atomic mass is 16.5. The van der Waals surface area contributed by atoms with Gasteiger partial charge in [0.1, 0.15) is 11.9 Å². The van der Waals surface area contributed by atoms with E-state index >= 15 is 0 Å². The second kappa shape index (κ2) is 12.2. The van der Waals surface area contributed by atoms with Crippen LogP contribution in [0, 0.1) is 0 Å². The van der Waals surface area contributed by atoms with E-state index in [0.29, 0.717) is 5.82 Å². The van der Waals surface area contributed by atoms with Gasteiger partial charge in [0.25, 0.3) is 0 Å². The maximum Gasteiger partial charge on any atom is 0.183 e. The summed E-state index contributed by atoms with van der Waals surface area (Å²) < 4.78 is 8.30. The molecule has 1 aliphatic heterocycles. The Hall–Kier alpha value is -4.07. The largest absolute Gasteiger partial charge is 0.369 e. The van der Waals surface area contributed by atoms with E-state index in [1.165, 1.54) is 11.1 Å². The molecule has 39 heavy (non-hydrogen) atoms. The molecule has 0 spiro atoms. The summed E-state index contributed by atoms with van der Waals surface area (Å²) in [7, 11) is 0. The van der Waals surface area contributed by atoms with E-state index in [9.17, 15) is 0 Å². The Morgan fingerprint density at radius 3 is 2.08 bits per heavy atom. The highest BCUT2D eigenvalue weighted by Gasteiger charge is 2.24. The van der Waals surface area contributed by atoms with Crippen LogP contribution in [0.15, 0.2) is 103 Å². The fraction of sp³-hybridized carbons (Fsp3) is 0.281. The third-order valence-corrected chi connectivity index (χ3v) is 7.26. The molecule has 5 aromatic rings. The number of aromatic nitrogens is 4. The fourth-order valence-corrected chi connectivity index (χ4v) is 5.17. The smallest absolute Gasteiger partial charge is 0.183 e. The van der Waals surface area contributed by atoms with Crippen molar-refractivity contribution in [3.8, 4) is 11.4 Å². The quantitative estimate of drug-likeness (QED) is 0.234. The predicted octanol–water partition coefficient (Wildman–Crippen LogP) is 5.86. The number of hydrogen-bond donors (Lipinski definition) is 1. The lowest BCUT2D eigenvalue weighted by Crippen LogP contribution is -2.38. The standard InChI is InChI=1S/C32H34N6O/c1-4-11-25(12-5-1)31(26-13-6-2-7-14-26)39-28-19-23-37(24-20-28)22-10-21-33-29-17-18-30-34-32(36-38(30)35-29)27-15-8-3-9-16-27/h1-9,11-18,28,31H,10,19-24H2,(H,33,35). The third kappa shape index (κ3) is 6.33. The molecule has 0 aliphatic carbocycles. The fourth-order valence-electron chi connectivity index (χ4n) is 5.17. The monoisotopic (exact) mass is 518 g/mol. The molecule has 1 N–H and O–H groups in total. The molecule has 0 bridgehead atoms. The zero-order chi connectivity index (χ0) is 26.3. The van der Waals surface area contributed by atoms with E-state index in [4.69, 9.17) is 4.74 Å². The number of rotatable bonds is 10. The molecule has 0 unspecified atom stereocenters. The summed E-state index contributed by atoms with van der Waals surface area (Å²) in [6, 6.07) is 35.0. The number of likely N-dealkylation sites (tertiary alicyclic amines) is 1. The summed E-state index contributed by atoms with van der Waals surface area (Å²) in [4.78, 5) is 7.13. The van der Waals surface area contributed by atoms with Gasteiger partial charge in [0.05, 0.1) is 6.10 Å². The molecular formula is C32H34N6O. The van der Waals surface area contributed by atoms with Gasteiger partial charge in [-0.25, -0.2) is 4.98 Å². The van der Waals surface area contributed by atoms with Crippen molar-refractivity contribution in [1.29, 1.82) is 0 Å². The molecule has 0 amide bonds. The zero-order valence-corrected chi connectivity index (χ0v) is 22.1. The van der Waals surface area contributed by atoms with Gasteiger partial charge in [0, 0.05) is 25.2 Å². The van der Waals surface area contributed by atoms with Crippen molar-refractivity contribution in [2.45, 2.75) is 31.5 Å². The first-order valence-corrected chi connectivity index (χ1v) is 13.8. The van der Waals surface area contributed by atoms with Crippen molar-refractivity contribution < 1.29 is 4.74 Å². The molecule has 1 saturated heterocycles. The summed E-state index contributed by atoms with van der Waals surface area (Å²) in [5, 5.41) is 12.6. The lowest BCUT2D eigenvalue weighted by atomic mass is 10.00. The lowest BCUT2D eigenvalue weighted by Gasteiger charge is -2.34. The molecule has 7 heteroatoms. The van der Waals surface area contributed by atoms with Gasteiger partial charge in [-0.15, -0.1) is 14.8 Å². The van der Waals surface area contributed by atoms with E-state index in [0.717, 1.165) is 62.5 Å². The van der Waals surface area contributed by atoms with E-state index < -0.39 is 0 Å². The average molecular weight is 519 g/mol. The van der Waals surface area contributed by atoms with Crippen LogP contribution in [-0.2, 0) is 4.74 Å². The summed E-state index contributed by atoms with van der Waals surface area (Å²) in [5.74, 6) is 1.50. The maximum atomic E-state index is 6.70. The molecule has 7 nitrogen and oxygen atoms in total. The second-order valence-electron chi connectivity index (χ2n) is 10.0. The Kier molecular flexibility index (Phi) is 7.89. The van der Waals surface area contributed by atoms with Gasteiger partial charge < -0.3 is 15.0 Å². The minimum atomic E-state index is -0.0215. The Morgan fingerprint density at radius 1 is 0.769 bits per heavy atom. The first kappa shape index (κ1) is 25.2. The van der Waals surface area contributed by atoms with Gasteiger partial charge in [0.2, 0.25) is 0 Å².